The molecule has 9 nitrogen and oxygen atoms in total. The van der Waals surface area contributed by atoms with Crippen LogP contribution in [0, 0.1) is 0 Å². The Morgan fingerprint density at radius 1 is 1.06 bits per heavy atom. The molecule has 2 aliphatic heterocycles. The van der Waals surface area contributed by atoms with Gasteiger partial charge in [-0.25, -0.2) is 4.79 Å². The summed E-state index contributed by atoms with van der Waals surface area (Å²) < 4.78 is 11.0. The van der Waals surface area contributed by atoms with E-state index in [0.29, 0.717) is 5.75 Å². The summed E-state index contributed by atoms with van der Waals surface area (Å²) in [6.07, 6.45) is -5.61. The second kappa shape index (κ2) is 11.4. The molecule has 0 bridgehead atoms. The number of anilines is 2. The number of hydrogen-bond acceptors (Lipinski definition) is 8. The van der Waals surface area contributed by atoms with E-state index >= 15 is 0 Å². The van der Waals surface area contributed by atoms with E-state index in [1.165, 1.54) is 11.3 Å². The maximum atomic E-state index is 11.4. The van der Waals surface area contributed by atoms with Crippen LogP contribution in [0.1, 0.15) is 17.5 Å². The molecular formula is C24H31ClN2O7. The Morgan fingerprint density at radius 3 is 2.50 bits per heavy atom. The van der Waals surface area contributed by atoms with Crippen LogP contribution in [0.25, 0.3) is 0 Å². The van der Waals surface area contributed by atoms with Crippen LogP contribution in [-0.2, 0) is 22.4 Å². The van der Waals surface area contributed by atoms with Crippen molar-refractivity contribution in [1.29, 1.82) is 0 Å². The Kier molecular flexibility index (Phi) is 8.75. The van der Waals surface area contributed by atoms with Crippen molar-refractivity contribution in [2.45, 2.75) is 50.0 Å². The predicted octanol–water partition coefficient (Wildman–Crippen LogP) is 1.23. The summed E-state index contributed by atoms with van der Waals surface area (Å²) in [5.74, 6) is -1.06. The molecule has 1 saturated heterocycles. The van der Waals surface area contributed by atoms with E-state index < -0.39 is 36.7 Å². The highest BCUT2D eigenvalue weighted by Crippen LogP contribution is 2.38. The van der Waals surface area contributed by atoms with Crippen molar-refractivity contribution >= 4 is 29.8 Å². The average molecular weight is 495 g/mol. The molecule has 5 atom stereocenters. The van der Waals surface area contributed by atoms with Gasteiger partial charge in [-0.05, 0) is 68.2 Å². The van der Waals surface area contributed by atoms with Crippen LogP contribution in [-0.4, -0.2) is 77.2 Å². The Balaban J connectivity index is 0.00000324. The van der Waals surface area contributed by atoms with Gasteiger partial charge in [0.1, 0.15) is 24.1 Å². The van der Waals surface area contributed by atoms with Gasteiger partial charge in [-0.1, -0.05) is 18.2 Å². The lowest BCUT2D eigenvalue weighted by atomic mass is 9.99. The molecule has 10 heteroatoms. The third-order valence-corrected chi connectivity index (χ3v) is 6.16. The molecular weight excluding hydrogens is 464 g/mol. The molecule has 186 valence electrons. The minimum absolute atomic E-state index is 0. The molecule has 2 aromatic carbocycles. The second-order valence-corrected chi connectivity index (χ2v) is 8.38. The van der Waals surface area contributed by atoms with Gasteiger partial charge in [-0.15, -0.1) is 12.4 Å². The Labute approximate surface area is 204 Å². The van der Waals surface area contributed by atoms with Gasteiger partial charge in [0.2, 0.25) is 6.29 Å². The van der Waals surface area contributed by atoms with Crippen LogP contribution >= 0.6 is 12.4 Å². The minimum atomic E-state index is -1.76. The summed E-state index contributed by atoms with van der Waals surface area (Å²) in [7, 11) is 1.93. The molecule has 0 radical (unpaired) electrons. The number of carbonyl (C=O) groups is 1. The SMILES string of the molecule is CNCCCN1c2ccccc2CCc2cc(OC3OC(C(=O)O)C(O)C(O)C3O)ccc21.Cl. The van der Waals surface area contributed by atoms with E-state index in [-0.39, 0.29) is 12.4 Å². The van der Waals surface area contributed by atoms with Crippen LogP contribution in [0.2, 0.25) is 0 Å². The monoisotopic (exact) mass is 494 g/mol. The molecule has 2 heterocycles. The maximum absolute atomic E-state index is 11.4. The number of fused-ring (bicyclic) bond motifs is 2. The number of aryl methyl sites for hydroxylation is 2. The Hall–Kier alpha value is -2.40. The summed E-state index contributed by atoms with van der Waals surface area (Å²) in [6, 6.07) is 13.9. The molecule has 0 amide bonds. The quantitative estimate of drug-likeness (QED) is 0.360. The number of ether oxygens (including phenoxy) is 2. The van der Waals surface area contributed by atoms with E-state index in [4.69, 9.17) is 9.47 Å². The number of halogens is 1. The van der Waals surface area contributed by atoms with Gasteiger partial charge >= 0.3 is 5.97 Å². The molecule has 2 aromatic rings. The highest BCUT2D eigenvalue weighted by atomic mass is 35.5. The number of nitrogens with one attached hydrogen (secondary N) is 1. The molecule has 4 rings (SSSR count). The lowest BCUT2D eigenvalue weighted by Crippen LogP contribution is -2.61. The van der Waals surface area contributed by atoms with Crippen LogP contribution in [0.4, 0.5) is 11.4 Å². The summed E-state index contributed by atoms with van der Waals surface area (Å²) in [5.41, 5.74) is 4.54. The van der Waals surface area contributed by atoms with Gasteiger partial charge < -0.3 is 40.1 Å². The van der Waals surface area contributed by atoms with Gasteiger partial charge in [0, 0.05) is 17.9 Å². The summed E-state index contributed by atoms with van der Waals surface area (Å²) in [5, 5.41) is 42.6. The number of nitrogens with zero attached hydrogens (tertiary/aromatic N) is 1. The standard InChI is InChI=1S/C24H30N2O7.ClH/c1-25-11-4-12-26-17-6-3-2-5-14(17)7-8-15-13-16(9-10-18(15)26)32-24-21(29)19(27)20(28)22(33-24)23(30)31;/h2-3,5-6,9-10,13,19-22,24-25,27-29H,4,7-8,11-12H2,1H3,(H,30,31);1H. The van der Waals surface area contributed by atoms with E-state index in [9.17, 15) is 25.2 Å². The second-order valence-electron chi connectivity index (χ2n) is 8.38. The van der Waals surface area contributed by atoms with Crippen molar-refractivity contribution in [2.24, 2.45) is 0 Å². The number of hydrogen-bond donors (Lipinski definition) is 5. The van der Waals surface area contributed by atoms with Crippen molar-refractivity contribution in [3.8, 4) is 5.75 Å². The topological polar surface area (TPSA) is 132 Å². The van der Waals surface area contributed by atoms with Crippen LogP contribution < -0.4 is 15.0 Å². The maximum Gasteiger partial charge on any atom is 0.335 e. The zero-order valence-electron chi connectivity index (χ0n) is 18.8. The lowest BCUT2D eigenvalue weighted by molar-refractivity contribution is -0.271. The Bertz CT molecular complexity index is 992. The number of carboxylic acids is 1. The van der Waals surface area contributed by atoms with Crippen molar-refractivity contribution < 1.29 is 34.7 Å². The summed E-state index contributed by atoms with van der Waals surface area (Å²) in [4.78, 5) is 13.7. The molecule has 34 heavy (non-hydrogen) atoms. The largest absolute Gasteiger partial charge is 0.479 e. The third kappa shape index (κ3) is 5.30. The number of aliphatic hydroxyl groups is 3. The first-order valence-electron chi connectivity index (χ1n) is 11.1. The molecule has 0 saturated carbocycles. The number of para-hydroxylation sites is 1. The molecule has 5 unspecified atom stereocenters. The van der Waals surface area contributed by atoms with Crippen LogP contribution in [0.3, 0.4) is 0 Å². The van der Waals surface area contributed by atoms with Gasteiger partial charge in [-0.2, -0.15) is 0 Å². The molecule has 0 spiro atoms. The molecule has 0 aliphatic carbocycles. The normalized spacial score (nSPS) is 26.0. The Morgan fingerprint density at radius 2 is 1.76 bits per heavy atom. The van der Waals surface area contributed by atoms with Crippen LogP contribution in [0.15, 0.2) is 42.5 Å². The first-order chi connectivity index (χ1) is 15.9. The average Bonchev–Trinajstić information content (AvgIpc) is 2.96. The zero-order valence-corrected chi connectivity index (χ0v) is 19.6. The molecule has 2 aliphatic rings. The first-order valence-corrected chi connectivity index (χ1v) is 11.1. The fourth-order valence-corrected chi connectivity index (χ4v) is 4.42. The van der Waals surface area contributed by atoms with Crippen LogP contribution in [0.5, 0.6) is 5.75 Å². The van der Waals surface area contributed by atoms with E-state index in [1.807, 2.05) is 31.3 Å². The lowest BCUT2D eigenvalue weighted by Gasteiger charge is -2.38. The van der Waals surface area contributed by atoms with Gasteiger partial charge in [-0.3, -0.25) is 0 Å². The van der Waals surface area contributed by atoms with Crippen molar-refractivity contribution in [3.63, 3.8) is 0 Å². The molecule has 5 N–H and O–H groups in total. The van der Waals surface area contributed by atoms with E-state index in [1.54, 1.807) is 6.07 Å². The highest BCUT2D eigenvalue weighted by Gasteiger charge is 2.48. The first kappa shape index (κ1) is 26.2. The number of benzene rings is 2. The number of aliphatic hydroxyl groups excluding tert-OH is 3. The minimum Gasteiger partial charge on any atom is -0.479 e. The summed E-state index contributed by atoms with van der Waals surface area (Å²) >= 11 is 0. The number of carboxylic acid groups (broad SMARTS) is 1. The van der Waals surface area contributed by atoms with Crippen molar-refractivity contribution in [2.75, 3.05) is 25.0 Å². The van der Waals surface area contributed by atoms with E-state index in [0.717, 1.165) is 43.6 Å². The predicted molar refractivity (Wildman–Crippen MR) is 128 cm³/mol. The smallest absolute Gasteiger partial charge is 0.335 e. The highest BCUT2D eigenvalue weighted by molar-refractivity contribution is 5.85. The van der Waals surface area contributed by atoms with Crippen molar-refractivity contribution in [3.05, 3.63) is 53.6 Å². The number of aliphatic carboxylic acids is 1. The molecule has 0 aromatic heterocycles. The fraction of sp³-hybridized carbons (Fsp3) is 0.458. The third-order valence-electron chi connectivity index (χ3n) is 6.16. The van der Waals surface area contributed by atoms with Gasteiger partial charge in [0.05, 0.1) is 0 Å². The van der Waals surface area contributed by atoms with Gasteiger partial charge in [0.15, 0.2) is 6.10 Å². The van der Waals surface area contributed by atoms with E-state index in [2.05, 4.69) is 22.3 Å². The fourth-order valence-electron chi connectivity index (χ4n) is 4.42. The van der Waals surface area contributed by atoms with Crippen molar-refractivity contribution in [1.82, 2.24) is 5.32 Å². The molecule has 1 fully saturated rings. The van der Waals surface area contributed by atoms with Gasteiger partial charge in [0.25, 0.3) is 0 Å². The summed E-state index contributed by atoms with van der Waals surface area (Å²) in [6.45, 7) is 1.73. The zero-order chi connectivity index (χ0) is 23.5. The number of rotatable bonds is 7.